The summed E-state index contributed by atoms with van der Waals surface area (Å²) in [6, 6.07) is 37.3. The maximum Gasteiger partial charge on any atom is 0.212 e. The largest absolute Gasteiger partial charge is 0.372 e. The molecule has 2 heteroatoms. The molecule has 1 aromatic heterocycles. The Morgan fingerprint density at radius 2 is 1.39 bits per heavy atom. The van der Waals surface area contributed by atoms with Crippen molar-refractivity contribution in [2.75, 3.05) is 18.0 Å². The summed E-state index contributed by atoms with van der Waals surface area (Å²) in [5.41, 5.74) is 8.64. The van der Waals surface area contributed by atoms with Crippen LogP contribution in [0.15, 0.2) is 109 Å². The topological polar surface area (TPSA) is 7.12 Å². The van der Waals surface area contributed by atoms with Crippen molar-refractivity contribution in [3.8, 4) is 22.4 Å². The minimum Gasteiger partial charge on any atom is -0.372 e. The molecule has 0 radical (unpaired) electrons. The molecule has 0 saturated carbocycles. The third kappa shape index (κ3) is 4.55. The van der Waals surface area contributed by atoms with Crippen molar-refractivity contribution in [2.45, 2.75) is 12.8 Å². The summed E-state index contributed by atoms with van der Waals surface area (Å²) in [6.45, 7) is 2.35. The molecule has 0 N–H and O–H groups in total. The lowest BCUT2D eigenvalue weighted by Gasteiger charge is -2.17. The smallest absolute Gasteiger partial charge is 0.212 e. The molecule has 1 saturated heterocycles. The van der Waals surface area contributed by atoms with E-state index in [4.69, 9.17) is 0 Å². The quantitative estimate of drug-likeness (QED) is 0.240. The maximum absolute atomic E-state index is 2.48. The lowest BCUT2D eigenvalue weighted by molar-refractivity contribution is -0.659. The van der Waals surface area contributed by atoms with E-state index in [1.807, 2.05) is 0 Å². The fourth-order valence-corrected chi connectivity index (χ4v) is 5.25. The Labute approximate surface area is 213 Å². The Hall–Kier alpha value is -4.17. The van der Waals surface area contributed by atoms with Gasteiger partial charge in [-0.05, 0) is 64.6 Å². The number of nitrogens with zero attached hydrogens (tertiary/aromatic N) is 2. The summed E-state index contributed by atoms with van der Waals surface area (Å²) < 4.78 is 2.24. The highest BCUT2D eigenvalue weighted by Crippen LogP contribution is 2.29. The first-order chi connectivity index (χ1) is 17.7. The number of aromatic nitrogens is 1. The molecule has 2 heterocycles. The van der Waals surface area contributed by atoms with Gasteiger partial charge in [0.1, 0.15) is 7.05 Å². The van der Waals surface area contributed by atoms with Crippen LogP contribution in [0.4, 0.5) is 5.69 Å². The van der Waals surface area contributed by atoms with E-state index in [1.165, 1.54) is 75.9 Å². The normalized spacial score (nSPS) is 13.6. The van der Waals surface area contributed by atoms with Gasteiger partial charge in [0.2, 0.25) is 5.69 Å². The summed E-state index contributed by atoms with van der Waals surface area (Å²) in [6.07, 6.45) is 9.36. The van der Waals surface area contributed by atoms with Crippen LogP contribution in [-0.2, 0) is 7.05 Å². The van der Waals surface area contributed by atoms with Gasteiger partial charge in [0.15, 0.2) is 6.20 Å². The lowest BCUT2D eigenvalue weighted by Crippen LogP contribution is -2.31. The van der Waals surface area contributed by atoms with Gasteiger partial charge in [0, 0.05) is 30.4 Å². The summed E-state index contributed by atoms with van der Waals surface area (Å²) in [5, 5.41) is 2.53. The number of benzene rings is 4. The van der Waals surface area contributed by atoms with Crippen molar-refractivity contribution in [1.82, 2.24) is 0 Å². The van der Waals surface area contributed by atoms with Gasteiger partial charge >= 0.3 is 0 Å². The molecule has 5 aromatic rings. The van der Waals surface area contributed by atoms with Gasteiger partial charge in [-0.3, -0.25) is 0 Å². The molecule has 6 rings (SSSR count). The summed E-state index contributed by atoms with van der Waals surface area (Å²) in [5.74, 6) is 0. The van der Waals surface area contributed by atoms with E-state index in [2.05, 4.69) is 138 Å². The zero-order valence-electron chi connectivity index (χ0n) is 20.8. The van der Waals surface area contributed by atoms with Gasteiger partial charge in [-0.25, -0.2) is 4.57 Å². The first kappa shape index (κ1) is 22.3. The Morgan fingerprint density at radius 3 is 2.17 bits per heavy atom. The fraction of sp³-hybridized carbons (Fsp3) is 0.147. The number of hydrogen-bond acceptors (Lipinski definition) is 1. The van der Waals surface area contributed by atoms with E-state index in [-0.39, 0.29) is 0 Å². The highest BCUT2D eigenvalue weighted by atomic mass is 15.1. The van der Waals surface area contributed by atoms with Gasteiger partial charge < -0.3 is 4.90 Å². The minimum absolute atomic E-state index is 1.17. The lowest BCUT2D eigenvalue weighted by atomic mass is 9.97. The number of pyridine rings is 1. The molecule has 2 nitrogen and oxygen atoms in total. The average molecular weight is 468 g/mol. The number of fused-ring (bicyclic) bond motifs is 1. The number of rotatable bonds is 5. The Kier molecular flexibility index (Phi) is 6.09. The van der Waals surface area contributed by atoms with E-state index >= 15 is 0 Å². The van der Waals surface area contributed by atoms with Gasteiger partial charge in [-0.1, -0.05) is 84.9 Å². The number of aryl methyl sites for hydroxylation is 1. The van der Waals surface area contributed by atoms with Crippen molar-refractivity contribution in [2.24, 2.45) is 7.05 Å². The van der Waals surface area contributed by atoms with Gasteiger partial charge in [0.05, 0.1) is 5.56 Å². The molecule has 176 valence electrons. The predicted octanol–water partition coefficient (Wildman–Crippen LogP) is 7.77. The van der Waals surface area contributed by atoms with Crippen molar-refractivity contribution in [3.05, 3.63) is 120 Å². The molecule has 0 amide bonds. The van der Waals surface area contributed by atoms with Crippen LogP contribution in [0.2, 0.25) is 0 Å². The first-order valence-corrected chi connectivity index (χ1v) is 12.9. The highest BCUT2D eigenvalue weighted by molar-refractivity contribution is 5.87. The van der Waals surface area contributed by atoms with Crippen molar-refractivity contribution >= 4 is 28.6 Å². The van der Waals surface area contributed by atoms with E-state index < -0.39 is 0 Å². The molecule has 4 aromatic carbocycles. The van der Waals surface area contributed by atoms with E-state index in [0.717, 1.165) is 0 Å². The monoisotopic (exact) mass is 467 g/mol. The zero-order chi connectivity index (χ0) is 24.3. The molecule has 36 heavy (non-hydrogen) atoms. The van der Waals surface area contributed by atoms with Crippen molar-refractivity contribution in [1.29, 1.82) is 0 Å². The van der Waals surface area contributed by atoms with Crippen LogP contribution < -0.4 is 9.47 Å². The molecular weight excluding hydrogens is 436 g/mol. The Balaban J connectivity index is 1.40. The molecule has 1 aliphatic heterocycles. The molecule has 0 unspecified atom stereocenters. The minimum atomic E-state index is 1.17. The van der Waals surface area contributed by atoms with Crippen molar-refractivity contribution < 1.29 is 4.57 Å². The van der Waals surface area contributed by atoms with Crippen LogP contribution in [0.3, 0.4) is 0 Å². The fourth-order valence-electron chi connectivity index (χ4n) is 5.25. The highest BCUT2D eigenvalue weighted by Gasteiger charge is 2.16. The van der Waals surface area contributed by atoms with E-state index in [9.17, 15) is 0 Å². The molecule has 0 atom stereocenters. The average Bonchev–Trinajstić information content (AvgIpc) is 3.48. The van der Waals surface area contributed by atoms with Crippen LogP contribution in [0.25, 0.3) is 45.3 Å². The molecule has 0 spiro atoms. The maximum atomic E-state index is 2.48. The second kappa shape index (κ2) is 9.83. The predicted molar refractivity (Wildman–Crippen MR) is 153 cm³/mol. The summed E-state index contributed by atoms with van der Waals surface area (Å²) in [4.78, 5) is 2.48. The molecule has 0 aliphatic carbocycles. The second-order valence-electron chi connectivity index (χ2n) is 9.69. The van der Waals surface area contributed by atoms with E-state index in [0.29, 0.717) is 0 Å². The summed E-state index contributed by atoms with van der Waals surface area (Å²) >= 11 is 0. The third-order valence-electron chi connectivity index (χ3n) is 7.26. The Morgan fingerprint density at radius 1 is 0.667 bits per heavy atom. The number of anilines is 1. The van der Waals surface area contributed by atoms with Crippen LogP contribution in [0.1, 0.15) is 24.0 Å². The SMILES string of the molecule is C[n+]1cc(-c2ccccc2)c(/C=C/c2ccc(N3CCCC3)cc2)cc1-c1ccc2ccccc2c1. The zero-order valence-corrected chi connectivity index (χ0v) is 20.8. The Bertz CT molecular complexity index is 1530. The first-order valence-electron chi connectivity index (χ1n) is 12.9. The van der Waals surface area contributed by atoms with Crippen LogP contribution in [0.5, 0.6) is 0 Å². The molecule has 0 bridgehead atoms. The van der Waals surface area contributed by atoms with Crippen LogP contribution >= 0.6 is 0 Å². The van der Waals surface area contributed by atoms with E-state index in [1.54, 1.807) is 0 Å². The molecular formula is C34H31N2+. The van der Waals surface area contributed by atoms with Crippen LogP contribution in [-0.4, -0.2) is 13.1 Å². The third-order valence-corrected chi connectivity index (χ3v) is 7.26. The number of hydrogen-bond donors (Lipinski definition) is 0. The standard InChI is InChI=1S/C34H31N2/c1-35-25-33(28-10-3-2-4-11-28)30(16-13-26-14-19-32(20-15-26)36-21-7-8-22-36)24-34(35)31-18-17-27-9-5-6-12-29(27)23-31/h2-6,9-20,23-25H,7-8,21-22H2,1H3/q+1. The molecule has 1 fully saturated rings. The van der Waals surface area contributed by atoms with Gasteiger partial charge in [-0.2, -0.15) is 0 Å². The van der Waals surface area contributed by atoms with Gasteiger partial charge in [0.25, 0.3) is 0 Å². The van der Waals surface area contributed by atoms with Crippen LogP contribution in [0, 0.1) is 0 Å². The second-order valence-corrected chi connectivity index (χ2v) is 9.69. The molecule has 1 aliphatic rings. The summed E-state index contributed by atoms with van der Waals surface area (Å²) in [7, 11) is 2.14. The van der Waals surface area contributed by atoms with Crippen molar-refractivity contribution in [3.63, 3.8) is 0 Å². The van der Waals surface area contributed by atoms with Gasteiger partial charge in [-0.15, -0.1) is 0 Å².